The second-order valence-electron chi connectivity index (χ2n) is 3.36. The first-order valence-electron chi connectivity index (χ1n) is 4.81. The van der Waals surface area contributed by atoms with E-state index in [2.05, 4.69) is 15.9 Å². The number of amides is 1. The lowest BCUT2D eigenvalue weighted by Gasteiger charge is -2.34. The highest BCUT2D eigenvalue weighted by Crippen LogP contribution is 2.17. The molecule has 1 fully saturated rings. The molecule has 0 spiro atoms. The van der Waals surface area contributed by atoms with Gasteiger partial charge in [0.15, 0.2) is 0 Å². The van der Waals surface area contributed by atoms with Gasteiger partial charge in [-0.05, 0) is 11.4 Å². The van der Waals surface area contributed by atoms with Gasteiger partial charge in [-0.1, -0.05) is 22.0 Å². The van der Waals surface area contributed by atoms with Crippen LogP contribution < -0.4 is 0 Å². The number of carbonyl (C=O) groups is 1. The number of carbonyl (C=O) groups excluding carboxylic acids is 1. The van der Waals surface area contributed by atoms with Gasteiger partial charge in [0.2, 0.25) is 0 Å². The van der Waals surface area contributed by atoms with Crippen molar-refractivity contribution in [2.45, 2.75) is 6.04 Å². The standard InChI is InChI=1S/C10H12BrNO2S/c11-6-8-7-14-4-3-12(8)10(13)9-2-1-5-15-9/h1-2,5,8H,3-4,6-7H2. The monoisotopic (exact) mass is 289 g/mol. The second-order valence-corrected chi connectivity index (χ2v) is 4.95. The molecule has 1 aromatic rings. The maximum atomic E-state index is 12.1. The van der Waals surface area contributed by atoms with Crippen molar-refractivity contribution in [3.8, 4) is 0 Å². The van der Waals surface area contributed by atoms with Gasteiger partial charge in [-0.25, -0.2) is 0 Å². The van der Waals surface area contributed by atoms with Crippen LogP contribution in [-0.4, -0.2) is 41.9 Å². The predicted octanol–water partition coefficient (Wildman–Crippen LogP) is 1.98. The minimum absolute atomic E-state index is 0.123. The van der Waals surface area contributed by atoms with Gasteiger partial charge in [-0.3, -0.25) is 4.79 Å². The normalized spacial score (nSPS) is 21.7. The van der Waals surface area contributed by atoms with E-state index in [1.807, 2.05) is 22.4 Å². The molecule has 82 valence electrons. The number of alkyl halides is 1. The van der Waals surface area contributed by atoms with E-state index in [0.717, 1.165) is 10.2 Å². The average molecular weight is 290 g/mol. The smallest absolute Gasteiger partial charge is 0.264 e. The molecule has 1 unspecified atom stereocenters. The maximum Gasteiger partial charge on any atom is 0.264 e. The summed E-state index contributed by atoms with van der Waals surface area (Å²) >= 11 is 4.90. The Labute approximate surface area is 101 Å². The van der Waals surface area contributed by atoms with Gasteiger partial charge in [0.1, 0.15) is 0 Å². The molecular weight excluding hydrogens is 278 g/mol. The van der Waals surface area contributed by atoms with E-state index in [1.165, 1.54) is 11.3 Å². The van der Waals surface area contributed by atoms with Crippen LogP contribution in [0.5, 0.6) is 0 Å². The summed E-state index contributed by atoms with van der Waals surface area (Å²) in [5.41, 5.74) is 0. The van der Waals surface area contributed by atoms with Crippen molar-refractivity contribution in [1.82, 2.24) is 4.90 Å². The first-order valence-corrected chi connectivity index (χ1v) is 6.81. The quantitative estimate of drug-likeness (QED) is 0.780. The van der Waals surface area contributed by atoms with E-state index in [-0.39, 0.29) is 11.9 Å². The summed E-state index contributed by atoms with van der Waals surface area (Å²) in [4.78, 5) is 14.8. The molecule has 1 amide bonds. The Hall–Kier alpha value is -0.390. The Balaban J connectivity index is 2.11. The van der Waals surface area contributed by atoms with Crippen molar-refractivity contribution >= 4 is 33.2 Å². The molecule has 0 aliphatic carbocycles. The number of rotatable bonds is 2. The number of hydrogen-bond donors (Lipinski definition) is 0. The Kier molecular flexibility index (Phi) is 3.77. The van der Waals surface area contributed by atoms with Gasteiger partial charge < -0.3 is 9.64 Å². The van der Waals surface area contributed by atoms with Crippen LogP contribution in [0, 0.1) is 0 Å². The topological polar surface area (TPSA) is 29.5 Å². The molecule has 1 aromatic heterocycles. The van der Waals surface area contributed by atoms with E-state index in [0.29, 0.717) is 19.8 Å². The Morgan fingerprint density at radius 2 is 2.60 bits per heavy atom. The lowest BCUT2D eigenvalue weighted by atomic mass is 10.2. The van der Waals surface area contributed by atoms with E-state index < -0.39 is 0 Å². The van der Waals surface area contributed by atoms with Crippen molar-refractivity contribution < 1.29 is 9.53 Å². The van der Waals surface area contributed by atoms with Crippen LogP contribution in [0.15, 0.2) is 17.5 Å². The molecule has 0 saturated carbocycles. The molecule has 1 saturated heterocycles. The van der Waals surface area contributed by atoms with Gasteiger partial charge in [0, 0.05) is 11.9 Å². The summed E-state index contributed by atoms with van der Waals surface area (Å²) in [6.07, 6.45) is 0. The summed E-state index contributed by atoms with van der Waals surface area (Å²) < 4.78 is 5.35. The zero-order chi connectivity index (χ0) is 10.7. The summed E-state index contributed by atoms with van der Waals surface area (Å²) in [7, 11) is 0. The minimum atomic E-state index is 0.123. The zero-order valence-corrected chi connectivity index (χ0v) is 10.6. The molecule has 0 aromatic carbocycles. The number of thiophene rings is 1. The average Bonchev–Trinajstić information content (AvgIpc) is 2.81. The highest BCUT2D eigenvalue weighted by molar-refractivity contribution is 9.09. The summed E-state index contributed by atoms with van der Waals surface area (Å²) in [6.45, 7) is 1.95. The molecule has 15 heavy (non-hydrogen) atoms. The first kappa shape index (κ1) is 11.1. The highest BCUT2D eigenvalue weighted by atomic mass is 79.9. The Bertz CT molecular complexity index is 328. The fraction of sp³-hybridized carbons (Fsp3) is 0.500. The SMILES string of the molecule is O=C(c1cccs1)N1CCOCC1CBr. The van der Waals surface area contributed by atoms with E-state index in [9.17, 15) is 4.79 Å². The van der Waals surface area contributed by atoms with Crippen molar-refractivity contribution in [3.05, 3.63) is 22.4 Å². The van der Waals surface area contributed by atoms with Crippen LogP contribution in [0.1, 0.15) is 9.67 Å². The van der Waals surface area contributed by atoms with Gasteiger partial charge in [0.05, 0.1) is 24.1 Å². The maximum absolute atomic E-state index is 12.1. The second kappa shape index (κ2) is 5.09. The number of halogens is 1. The fourth-order valence-corrected chi connectivity index (χ4v) is 2.81. The van der Waals surface area contributed by atoms with Crippen molar-refractivity contribution in [1.29, 1.82) is 0 Å². The third kappa shape index (κ3) is 2.41. The van der Waals surface area contributed by atoms with Gasteiger partial charge >= 0.3 is 0 Å². The van der Waals surface area contributed by atoms with Crippen molar-refractivity contribution in [2.75, 3.05) is 25.1 Å². The van der Waals surface area contributed by atoms with Crippen LogP contribution in [-0.2, 0) is 4.74 Å². The highest BCUT2D eigenvalue weighted by Gasteiger charge is 2.27. The first-order chi connectivity index (χ1) is 7.33. The van der Waals surface area contributed by atoms with Crippen LogP contribution in [0.4, 0.5) is 0 Å². The molecule has 0 bridgehead atoms. The summed E-state index contributed by atoms with van der Waals surface area (Å²) in [5.74, 6) is 0.123. The van der Waals surface area contributed by atoms with E-state index in [1.54, 1.807) is 0 Å². The molecule has 2 heterocycles. The molecule has 1 aliphatic heterocycles. The Morgan fingerprint density at radius 3 is 3.27 bits per heavy atom. The van der Waals surface area contributed by atoms with Crippen LogP contribution in [0.25, 0.3) is 0 Å². The molecule has 1 atom stereocenters. The van der Waals surface area contributed by atoms with Crippen molar-refractivity contribution in [3.63, 3.8) is 0 Å². The zero-order valence-electron chi connectivity index (χ0n) is 8.19. The lowest BCUT2D eigenvalue weighted by Crippen LogP contribution is -2.49. The molecule has 5 heteroatoms. The largest absolute Gasteiger partial charge is 0.377 e. The molecule has 2 rings (SSSR count). The van der Waals surface area contributed by atoms with Crippen LogP contribution in [0.3, 0.4) is 0 Å². The van der Waals surface area contributed by atoms with E-state index in [4.69, 9.17) is 4.74 Å². The molecule has 1 aliphatic rings. The minimum Gasteiger partial charge on any atom is -0.377 e. The van der Waals surface area contributed by atoms with Gasteiger partial charge in [0.25, 0.3) is 5.91 Å². The number of morpholine rings is 1. The lowest BCUT2D eigenvalue weighted by molar-refractivity contribution is 0.00552. The predicted molar refractivity (Wildman–Crippen MR) is 63.8 cm³/mol. The van der Waals surface area contributed by atoms with Crippen molar-refractivity contribution in [2.24, 2.45) is 0 Å². The van der Waals surface area contributed by atoms with Gasteiger partial charge in [-0.15, -0.1) is 11.3 Å². The number of hydrogen-bond acceptors (Lipinski definition) is 3. The molecular formula is C10H12BrNO2S. The number of nitrogens with zero attached hydrogens (tertiary/aromatic N) is 1. The molecule has 3 nitrogen and oxygen atoms in total. The molecule has 0 N–H and O–H groups in total. The number of ether oxygens (including phenoxy) is 1. The third-order valence-corrected chi connectivity index (χ3v) is 4.00. The summed E-state index contributed by atoms with van der Waals surface area (Å²) in [6, 6.07) is 3.93. The third-order valence-electron chi connectivity index (χ3n) is 2.40. The fourth-order valence-electron chi connectivity index (χ4n) is 1.59. The van der Waals surface area contributed by atoms with E-state index >= 15 is 0 Å². The van der Waals surface area contributed by atoms with Crippen LogP contribution >= 0.6 is 27.3 Å². The summed E-state index contributed by atoms with van der Waals surface area (Å²) in [5, 5.41) is 2.70. The Morgan fingerprint density at radius 1 is 1.73 bits per heavy atom. The van der Waals surface area contributed by atoms with Gasteiger partial charge in [-0.2, -0.15) is 0 Å². The van der Waals surface area contributed by atoms with Crippen LogP contribution in [0.2, 0.25) is 0 Å². The molecule has 0 radical (unpaired) electrons.